The minimum absolute atomic E-state index is 0.310. The molecule has 1 nitrogen and oxygen atoms in total. The minimum atomic E-state index is -0.772. The molecule has 0 aliphatic heterocycles. The highest BCUT2D eigenvalue weighted by Crippen LogP contribution is 2.24. The molecule has 1 atom stereocenters. The molecule has 2 aromatic rings. The van der Waals surface area contributed by atoms with Gasteiger partial charge < -0.3 is 5.11 Å². The molecule has 0 amide bonds. The van der Waals surface area contributed by atoms with Crippen molar-refractivity contribution in [3.8, 4) is 0 Å². The average Bonchev–Trinajstić information content (AvgIpc) is 2.37. The summed E-state index contributed by atoms with van der Waals surface area (Å²) in [4.78, 5) is 0. The Morgan fingerprint density at radius 3 is 2.56 bits per heavy atom. The fourth-order valence-corrected chi connectivity index (χ4v) is 2.10. The van der Waals surface area contributed by atoms with Crippen LogP contribution in [0.4, 0.5) is 4.39 Å². The fourth-order valence-electron chi connectivity index (χ4n) is 2.10. The second kappa shape index (κ2) is 5.32. The van der Waals surface area contributed by atoms with Gasteiger partial charge in [0.2, 0.25) is 0 Å². The summed E-state index contributed by atoms with van der Waals surface area (Å²) in [5, 5.41) is 10.3. The standard InChI is InChI=1S/C16H17FO/c1-3-12-5-4-6-13(9-12)16(18)14-7-11(2)8-15(17)10-14/h4-10,16,18H,3H2,1-2H3. The first-order chi connectivity index (χ1) is 8.60. The summed E-state index contributed by atoms with van der Waals surface area (Å²) in [6.07, 6.45) is 0.147. The Balaban J connectivity index is 2.37. The highest BCUT2D eigenvalue weighted by Gasteiger charge is 2.12. The molecule has 2 aromatic carbocycles. The third-order valence-corrected chi connectivity index (χ3v) is 3.06. The van der Waals surface area contributed by atoms with Gasteiger partial charge in [-0.2, -0.15) is 0 Å². The fraction of sp³-hybridized carbons (Fsp3) is 0.250. The molecule has 1 unspecified atom stereocenters. The van der Waals surface area contributed by atoms with E-state index in [4.69, 9.17) is 0 Å². The molecule has 94 valence electrons. The molecule has 0 aliphatic rings. The largest absolute Gasteiger partial charge is 0.384 e. The number of benzene rings is 2. The lowest BCUT2D eigenvalue weighted by Crippen LogP contribution is -2.01. The molecule has 0 aromatic heterocycles. The third kappa shape index (κ3) is 2.77. The van der Waals surface area contributed by atoms with Crippen molar-refractivity contribution in [2.45, 2.75) is 26.4 Å². The molecule has 0 fully saturated rings. The Morgan fingerprint density at radius 1 is 1.11 bits per heavy atom. The quantitative estimate of drug-likeness (QED) is 0.871. The van der Waals surface area contributed by atoms with E-state index >= 15 is 0 Å². The molecule has 0 saturated heterocycles. The van der Waals surface area contributed by atoms with Gasteiger partial charge >= 0.3 is 0 Å². The zero-order chi connectivity index (χ0) is 13.1. The molecule has 0 saturated carbocycles. The number of halogens is 1. The van der Waals surface area contributed by atoms with Crippen molar-refractivity contribution in [2.24, 2.45) is 0 Å². The van der Waals surface area contributed by atoms with Gasteiger partial charge in [-0.05, 0) is 47.7 Å². The summed E-state index contributed by atoms with van der Waals surface area (Å²) in [5.74, 6) is -0.310. The summed E-state index contributed by atoms with van der Waals surface area (Å²) in [5.41, 5.74) is 3.38. The summed E-state index contributed by atoms with van der Waals surface area (Å²) >= 11 is 0. The SMILES string of the molecule is CCc1cccc(C(O)c2cc(C)cc(F)c2)c1. The predicted octanol–water partition coefficient (Wildman–Crippen LogP) is 3.78. The molecule has 2 rings (SSSR count). The van der Waals surface area contributed by atoms with Crippen LogP contribution in [0.15, 0.2) is 42.5 Å². The van der Waals surface area contributed by atoms with Crippen molar-refractivity contribution in [1.29, 1.82) is 0 Å². The number of aliphatic hydroxyl groups is 1. The van der Waals surface area contributed by atoms with E-state index < -0.39 is 6.10 Å². The lowest BCUT2D eigenvalue weighted by molar-refractivity contribution is 0.219. The maximum atomic E-state index is 13.3. The maximum Gasteiger partial charge on any atom is 0.123 e. The van der Waals surface area contributed by atoms with Crippen molar-refractivity contribution >= 4 is 0 Å². The van der Waals surface area contributed by atoms with Gasteiger partial charge in [0.25, 0.3) is 0 Å². The molecule has 0 spiro atoms. The van der Waals surface area contributed by atoms with E-state index in [-0.39, 0.29) is 5.82 Å². The van der Waals surface area contributed by atoms with Crippen LogP contribution in [0.1, 0.15) is 35.3 Å². The van der Waals surface area contributed by atoms with Crippen molar-refractivity contribution in [2.75, 3.05) is 0 Å². The monoisotopic (exact) mass is 244 g/mol. The Morgan fingerprint density at radius 2 is 1.89 bits per heavy atom. The highest BCUT2D eigenvalue weighted by molar-refractivity contribution is 5.34. The van der Waals surface area contributed by atoms with Crippen molar-refractivity contribution in [1.82, 2.24) is 0 Å². The van der Waals surface area contributed by atoms with E-state index in [0.717, 1.165) is 17.5 Å². The normalized spacial score (nSPS) is 12.4. The van der Waals surface area contributed by atoms with Crippen molar-refractivity contribution in [3.63, 3.8) is 0 Å². The second-order valence-corrected chi connectivity index (χ2v) is 4.56. The first-order valence-corrected chi connectivity index (χ1v) is 6.14. The average molecular weight is 244 g/mol. The highest BCUT2D eigenvalue weighted by atomic mass is 19.1. The molecular weight excluding hydrogens is 227 g/mol. The van der Waals surface area contributed by atoms with Gasteiger partial charge in [-0.1, -0.05) is 37.3 Å². The van der Waals surface area contributed by atoms with Gasteiger partial charge in [-0.15, -0.1) is 0 Å². The van der Waals surface area contributed by atoms with Gasteiger partial charge in [0.15, 0.2) is 0 Å². The number of rotatable bonds is 3. The van der Waals surface area contributed by atoms with Gasteiger partial charge in [-0.3, -0.25) is 0 Å². The van der Waals surface area contributed by atoms with Crippen LogP contribution in [-0.4, -0.2) is 5.11 Å². The van der Waals surface area contributed by atoms with Crippen LogP contribution in [0.2, 0.25) is 0 Å². The van der Waals surface area contributed by atoms with E-state index in [2.05, 4.69) is 6.92 Å². The van der Waals surface area contributed by atoms with Crippen molar-refractivity contribution < 1.29 is 9.50 Å². The number of aliphatic hydroxyl groups excluding tert-OH is 1. The second-order valence-electron chi connectivity index (χ2n) is 4.56. The van der Waals surface area contributed by atoms with Gasteiger partial charge in [0, 0.05) is 0 Å². The number of hydrogen-bond acceptors (Lipinski definition) is 1. The smallest absolute Gasteiger partial charge is 0.123 e. The molecule has 0 aliphatic carbocycles. The van der Waals surface area contributed by atoms with E-state index in [1.54, 1.807) is 0 Å². The topological polar surface area (TPSA) is 20.2 Å². The van der Waals surface area contributed by atoms with Crippen LogP contribution in [0, 0.1) is 12.7 Å². The zero-order valence-electron chi connectivity index (χ0n) is 10.7. The Kier molecular flexibility index (Phi) is 3.78. The molecule has 0 radical (unpaired) electrons. The lowest BCUT2D eigenvalue weighted by atomic mass is 9.98. The molecule has 18 heavy (non-hydrogen) atoms. The van der Waals surface area contributed by atoms with Crippen LogP contribution in [0.3, 0.4) is 0 Å². The van der Waals surface area contributed by atoms with Crippen LogP contribution in [-0.2, 0) is 6.42 Å². The minimum Gasteiger partial charge on any atom is -0.384 e. The first kappa shape index (κ1) is 12.8. The maximum absolute atomic E-state index is 13.3. The molecule has 0 bridgehead atoms. The van der Waals surface area contributed by atoms with Gasteiger partial charge in [-0.25, -0.2) is 4.39 Å². The van der Waals surface area contributed by atoms with Crippen LogP contribution < -0.4 is 0 Å². The Hall–Kier alpha value is -1.67. The summed E-state index contributed by atoms with van der Waals surface area (Å²) in [6.45, 7) is 3.89. The third-order valence-electron chi connectivity index (χ3n) is 3.06. The molecule has 2 heteroatoms. The number of aryl methyl sites for hydroxylation is 2. The first-order valence-electron chi connectivity index (χ1n) is 6.14. The van der Waals surface area contributed by atoms with Crippen LogP contribution in [0.5, 0.6) is 0 Å². The zero-order valence-corrected chi connectivity index (χ0v) is 10.7. The predicted molar refractivity (Wildman–Crippen MR) is 71.0 cm³/mol. The van der Waals surface area contributed by atoms with E-state index in [1.165, 1.54) is 17.7 Å². The summed E-state index contributed by atoms with van der Waals surface area (Å²) < 4.78 is 13.3. The van der Waals surface area contributed by atoms with E-state index in [0.29, 0.717) is 5.56 Å². The lowest BCUT2D eigenvalue weighted by Gasteiger charge is -2.13. The van der Waals surface area contributed by atoms with E-state index in [1.807, 2.05) is 37.3 Å². The molecule has 0 heterocycles. The van der Waals surface area contributed by atoms with Crippen LogP contribution in [0.25, 0.3) is 0 Å². The Labute approximate surface area is 107 Å². The van der Waals surface area contributed by atoms with Gasteiger partial charge in [0.05, 0.1) is 0 Å². The van der Waals surface area contributed by atoms with Crippen LogP contribution >= 0.6 is 0 Å². The molecule has 1 N–H and O–H groups in total. The van der Waals surface area contributed by atoms with Gasteiger partial charge in [0.1, 0.15) is 11.9 Å². The summed E-state index contributed by atoms with van der Waals surface area (Å²) in [7, 11) is 0. The number of hydrogen-bond donors (Lipinski definition) is 1. The van der Waals surface area contributed by atoms with Crippen molar-refractivity contribution in [3.05, 3.63) is 70.5 Å². The van der Waals surface area contributed by atoms with E-state index in [9.17, 15) is 9.50 Å². The molecular formula is C16H17FO. The Bertz CT molecular complexity index is 528. The summed E-state index contributed by atoms with van der Waals surface area (Å²) in [6, 6.07) is 12.4.